The van der Waals surface area contributed by atoms with Gasteiger partial charge in [-0.1, -0.05) is 74.6 Å². The van der Waals surface area contributed by atoms with Crippen LogP contribution in [0.1, 0.15) is 33.1 Å². The summed E-state index contributed by atoms with van der Waals surface area (Å²) in [5.74, 6) is 0. The first-order valence-corrected chi connectivity index (χ1v) is 9.30. The van der Waals surface area contributed by atoms with Crippen LogP contribution in [0.25, 0.3) is 0 Å². The number of hydrogen-bond donors (Lipinski definition) is 0. The minimum absolute atomic E-state index is 0.527. The van der Waals surface area contributed by atoms with E-state index in [1.807, 2.05) is 0 Å². The molecule has 16 heavy (non-hydrogen) atoms. The van der Waals surface area contributed by atoms with Crippen LogP contribution in [0.3, 0.4) is 0 Å². The topological polar surface area (TPSA) is 0 Å². The number of halogens is 1. The van der Waals surface area contributed by atoms with Crippen LogP contribution in [0, 0.1) is 0 Å². The summed E-state index contributed by atoms with van der Waals surface area (Å²) in [5, 5.41) is 2.97. The average Bonchev–Trinajstić information content (AvgIpc) is 2.23. The van der Waals surface area contributed by atoms with Gasteiger partial charge in [-0.3, -0.25) is 0 Å². The lowest BCUT2D eigenvalue weighted by molar-refractivity contribution is 0.514. The summed E-state index contributed by atoms with van der Waals surface area (Å²) in [6, 6.07) is 10.1. The fraction of sp³-hybridized carbons (Fsp3) is 0.571. The third-order valence-corrected chi connectivity index (χ3v) is 11.2. The van der Waals surface area contributed by atoms with Crippen molar-refractivity contribution < 1.29 is 0 Å². The second-order valence-corrected chi connectivity index (χ2v) is 11.5. The quantitative estimate of drug-likeness (QED) is 0.642. The zero-order valence-electron chi connectivity index (χ0n) is 10.5. The summed E-state index contributed by atoms with van der Waals surface area (Å²) in [7, 11) is -1.32. The van der Waals surface area contributed by atoms with Crippen molar-refractivity contribution in [3.8, 4) is 0 Å². The monoisotopic (exact) mass is 252 g/mol. The van der Waals surface area contributed by atoms with Crippen molar-refractivity contribution in [2.24, 2.45) is 0 Å². The molecule has 1 saturated heterocycles. The van der Waals surface area contributed by atoms with E-state index in [0.717, 1.165) is 5.02 Å². The van der Waals surface area contributed by atoms with E-state index in [2.05, 4.69) is 44.7 Å². The van der Waals surface area contributed by atoms with Gasteiger partial charge in [-0.05, 0) is 17.2 Å². The second-order valence-electron chi connectivity index (χ2n) is 5.93. The van der Waals surface area contributed by atoms with E-state index in [9.17, 15) is 0 Å². The summed E-state index contributed by atoms with van der Waals surface area (Å²) in [6.45, 7) is 7.48. The van der Waals surface area contributed by atoms with Gasteiger partial charge in [0.25, 0.3) is 0 Å². The van der Waals surface area contributed by atoms with Crippen molar-refractivity contribution in [3.63, 3.8) is 0 Å². The Hall–Kier alpha value is -0.273. The highest BCUT2D eigenvalue weighted by Crippen LogP contribution is 2.48. The molecule has 0 saturated carbocycles. The molecule has 1 aromatic carbocycles. The maximum atomic E-state index is 5.98. The highest BCUT2D eigenvalue weighted by molar-refractivity contribution is 6.93. The highest BCUT2D eigenvalue weighted by Gasteiger charge is 2.45. The van der Waals surface area contributed by atoms with E-state index in [1.54, 1.807) is 5.19 Å². The molecule has 1 unspecified atom stereocenters. The Morgan fingerprint density at radius 2 is 1.75 bits per heavy atom. The van der Waals surface area contributed by atoms with Crippen molar-refractivity contribution >= 4 is 24.9 Å². The van der Waals surface area contributed by atoms with Crippen LogP contribution < -0.4 is 5.19 Å². The van der Waals surface area contributed by atoms with Crippen molar-refractivity contribution in [1.82, 2.24) is 0 Å². The molecule has 0 bridgehead atoms. The van der Waals surface area contributed by atoms with Gasteiger partial charge < -0.3 is 0 Å². The van der Waals surface area contributed by atoms with Gasteiger partial charge in [0.05, 0.1) is 8.07 Å². The first kappa shape index (κ1) is 12.2. The molecule has 0 nitrogen and oxygen atoms in total. The molecule has 1 atom stereocenters. The summed E-state index contributed by atoms with van der Waals surface area (Å²) >= 11 is 5.98. The van der Waals surface area contributed by atoms with Crippen molar-refractivity contribution in [3.05, 3.63) is 29.3 Å². The minimum atomic E-state index is -1.32. The van der Waals surface area contributed by atoms with E-state index in [-0.39, 0.29) is 0 Å². The van der Waals surface area contributed by atoms with Gasteiger partial charge in [-0.25, -0.2) is 0 Å². The van der Waals surface area contributed by atoms with E-state index in [4.69, 9.17) is 11.6 Å². The Labute approximate surface area is 105 Å². The van der Waals surface area contributed by atoms with E-state index < -0.39 is 8.07 Å². The summed E-state index contributed by atoms with van der Waals surface area (Å²) in [4.78, 5) is 0. The number of rotatable bonds is 1. The molecule has 0 aliphatic carbocycles. The molecule has 0 aromatic heterocycles. The molecule has 1 aromatic rings. The lowest BCUT2D eigenvalue weighted by Gasteiger charge is -2.47. The number of hydrogen-bond acceptors (Lipinski definition) is 0. The van der Waals surface area contributed by atoms with Crippen LogP contribution in [0.2, 0.25) is 22.7 Å². The smallest absolute Gasteiger partial charge is 0.0843 e. The fourth-order valence-electron chi connectivity index (χ4n) is 3.01. The van der Waals surface area contributed by atoms with Gasteiger partial charge in [-0.15, -0.1) is 0 Å². The standard InChI is InChI=1S/C14H21ClSi/c1-14(2)10-4-5-11-16(14,3)13-8-6-12(15)7-9-13/h6-9H,4-5,10-11H2,1-3H3. The van der Waals surface area contributed by atoms with Gasteiger partial charge >= 0.3 is 0 Å². The SMILES string of the molecule is CC1(C)CCCC[Si]1(C)c1ccc(Cl)cc1. The molecule has 0 spiro atoms. The molecular formula is C14H21ClSi. The molecule has 2 rings (SSSR count). The Morgan fingerprint density at radius 3 is 2.31 bits per heavy atom. The third kappa shape index (κ3) is 1.95. The second kappa shape index (κ2) is 4.19. The average molecular weight is 253 g/mol. The summed E-state index contributed by atoms with van der Waals surface area (Å²) in [6.07, 6.45) is 4.20. The van der Waals surface area contributed by atoms with Crippen LogP contribution in [-0.4, -0.2) is 8.07 Å². The molecule has 0 N–H and O–H groups in total. The Bertz CT molecular complexity index is 369. The van der Waals surface area contributed by atoms with E-state index >= 15 is 0 Å². The maximum Gasteiger partial charge on any atom is 0.0892 e. The molecule has 1 aliphatic heterocycles. The van der Waals surface area contributed by atoms with Gasteiger partial charge in [-0.2, -0.15) is 0 Å². The van der Waals surface area contributed by atoms with Crippen LogP contribution in [0.15, 0.2) is 24.3 Å². The summed E-state index contributed by atoms with van der Waals surface area (Å²) in [5.41, 5.74) is 0. The van der Waals surface area contributed by atoms with Crippen LogP contribution in [-0.2, 0) is 0 Å². The van der Waals surface area contributed by atoms with E-state index in [0.29, 0.717) is 5.04 Å². The van der Waals surface area contributed by atoms with E-state index in [1.165, 1.54) is 25.3 Å². The molecule has 1 fully saturated rings. The van der Waals surface area contributed by atoms with Gasteiger partial charge in [0.2, 0.25) is 0 Å². The predicted molar refractivity (Wildman–Crippen MR) is 75.4 cm³/mol. The lowest BCUT2D eigenvalue weighted by Crippen LogP contribution is -2.54. The molecule has 0 amide bonds. The first-order chi connectivity index (χ1) is 7.46. The highest BCUT2D eigenvalue weighted by atomic mass is 35.5. The van der Waals surface area contributed by atoms with Gasteiger partial charge in [0.1, 0.15) is 0 Å². The molecule has 1 heterocycles. The van der Waals surface area contributed by atoms with Crippen molar-refractivity contribution in [1.29, 1.82) is 0 Å². The normalized spacial score (nSPS) is 29.0. The Morgan fingerprint density at radius 1 is 1.12 bits per heavy atom. The minimum Gasteiger partial charge on any atom is -0.0843 e. The molecule has 2 heteroatoms. The maximum absolute atomic E-state index is 5.98. The Balaban J connectivity index is 2.39. The number of benzene rings is 1. The third-order valence-electron chi connectivity index (χ3n) is 4.70. The zero-order chi connectivity index (χ0) is 11.8. The molecule has 0 radical (unpaired) electrons. The first-order valence-electron chi connectivity index (χ1n) is 6.22. The molecule has 88 valence electrons. The van der Waals surface area contributed by atoms with Crippen molar-refractivity contribution in [2.45, 2.75) is 50.7 Å². The lowest BCUT2D eigenvalue weighted by atomic mass is 10.0. The molecule has 1 aliphatic rings. The Kier molecular flexibility index (Phi) is 3.19. The van der Waals surface area contributed by atoms with Gasteiger partial charge in [0.15, 0.2) is 0 Å². The van der Waals surface area contributed by atoms with Crippen LogP contribution in [0.4, 0.5) is 0 Å². The van der Waals surface area contributed by atoms with Crippen LogP contribution in [0.5, 0.6) is 0 Å². The predicted octanol–water partition coefficient (Wildman–Crippen LogP) is 4.59. The zero-order valence-corrected chi connectivity index (χ0v) is 12.3. The summed E-state index contributed by atoms with van der Waals surface area (Å²) < 4.78 is 0. The fourth-order valence-corrected chi connectivity index (χ4v) is 7.47. The van der Waals surface area contributed by atoms with Gasteiger partial charge in [0, 0.05) is 5.02 Å². The van der Waals surface area contributed by atoms with Crippen LogP contribution >= 0.6 is 11.6 Å². The van der Waals surface area contributed by atoms with Crippen molar-refractivity contribution in [2.75, 3.05) is 0 Å². The molecular weight excluding hydrogens is 232 g/mol. The largest absolute Gasteiger partial charge is 0.0892 e.